The third kappa shape index (κ3) is 1.85. The minimum atomic E-state index is 0.359. The van der Waals surface area contributed by atoms with Gasteiger partial charge < -0.3 is 9.88 Å². The van der Waals surface area contributed by atoms with Gasteiger partial charge in [0, 0.05) is 19.0 Å². The molecule has 1 atom stereocenters. The van der Waals surface area contributed by atoms with Crippen LogP contribution in [0.5, 0.6) is 0 Å². The van der Waals surface area contributed by atoms with E-state index in [1.165, 1.54) is 0 Å². The second-order valence-corrected chi connectivity index (χ2v) is 5.93. The van der Waals surface area contributed by atoms with Crippen LogP contribution in [0.25, 0.3) is 10.2 Å². The highest BCUT2D eigenvalue weighted by Crippen LogP contribution is 2.27. The van der Waals surface area contributed by atoms with E-state index >= 15 is 0 Å². The van der Waals surface area contributed by atoms with E-state index in [1.807, 2.05) is 18.4 Å². The maximum atomic E-state index is 4.39. The monoisotopic (exact) mass is 286 g/mol. The van der Waals surface area contributed by atoms with Gasteiger partial charge in [0.2, 0.25) is 0 Å². The van der Waals surface area contributed by atoms with Crippen molar-refractivity contribution < 1.29 is 0 Å². The highest BCUT2D eigenvalue weighted by molar-refractivity contribution is 7.17. The molecular formula is C13H14N6S. The summed E-state index contributed by atoms with van der Waals surface area (Å²) in [7, 11) is 0. The van der Waals surface area contributed by atoms with E-state index in [4.69, 9.17) is 0 Å². The molecule has 3 aromatic heterocycles. The summed E-state index contributed by atoms with van der Waals surface area (Å²) in [5.74, 6) is 3.00. The van der Waals surface area contributed by atoms with Crippen molar-refractivity contribution in [1.29, 1.82) is 0 Å². The van der Waals surface area contributed by atoms with Crippen LogP contribution in [0.2, 0.25) is 0 Å². The molecule has 0 unspecified atom stereocenters. The van der Waals surface area contributed by atoms with Crippen LogP contribution in [-0.2, 0) is 13.0 Å². The molecule has 7 heteroatoms. The molecule has 0 bridgehead atoms. The number of nitrogens with one attached hydrogen (secondary N) is 1. The first-order chi connectivity index (χ1) is 9.81. The average Bonchev–Trinajstić information content (AvgIpc) is 3.07. The predicted molar refractivity (Wildman–Crippen MR) is 77.9 cm³/mol. The van der Waals surface area contributed by atoms with Gasteiger partial charge in [-0.3, -0.25) is 0 Å². The lowest BCUT2D eigenvalue weighted by atomic mass is 10.1. The molecule has 1 aliphatic rings. The molecule has 1 aliphatic heterocycles. The van der Waals surface area contributed by atoms with Crippen molar-refractivity contribution in [3.8, 4) is 0 Å². The highest BCUT2D eigenvalue weighted by atomic mass is 32.1. The molecule has 1 N–H and O–H groups in total. The summed E-state index contributed by atoms with van der Waals surface area (Å²) in [6.45, 7) is 2.89. The molecule has 0 saturated heterocycles. The first-order valence-electron chi connectivity index (χ1n) is 6.64. The lowest BCUT2D eigenvalue weighted by molar-refractivity contribution is 0.469. The average molecular weight is 286 g/mol. The lowest BCUT2D eigenvalue weighted by Crippen LogP contribution is -2.32. The minimum absolute atomic E-state index is 0.359. The topological polar surface area (TPSA) is 68.5 Å². The molecule has 3 aromatic rings. The van der Waals surface area contributed by atoms with Crippen LogP contribution < -0.4 is 5.32 Å². The minimum Gasteiger partial charge on any atom is -0.364 e. The number of aromatic nitrogens is 5. The Hall–Kier alpha value is -2.02. The maximum absolute atomic E-state index is 4.39. The van der Waals surface area contributed by atoms with Crippen molar-refractivity contribution in [3.05, 3.63) is 29.4 Å². The molecule has 4 heterocycles. The second-order valence-electron chi connectivity index (χ2n) is 5.01. The van der Waals surface area contributed by atoms with Crippen molar-refractivity contribution in [1.82, 2.24) is 24.7 Å². The Balaban J connectivity index is 1.61. The molecule has 0 spiro atoms. The van der Waals surface area contributed by atoms with Crippen LogP contribution in [0.15, 0.2) is 17.8 Å². The SMILES string of the molecule is Cc1nnc2n1C[C@H](Nc1ncnc3ccsc13)CC2. The summed E-state index contributed by atoms with van der Waals surface area (Å²) >= 11 is 1.67. The Morgan fingerprint density at radius 1 is 1.35 bits per heavy atom. The quantitative estimate of drug-likeness (QED) is 0.780. The zero-order valence-electron chi connectivity index (χ0n) is 11.1. The van der Waals surface area contributed by atoms with E-state index in [2.05, 4.69) is 30.0 Å². The predicted octanol–water partition coefficient (Wildman–Crippen LogP) is 2.02. The fraction of sp³-hybridized carbons (Fsp3) is 0.385. The van der Waals surface area contributed by atoms with Gasteiger partial charge in [0.25, 0.3) is 0 Å². The number of aryl methyl sites for hydroxylation is 2. The Kier molecular flexibility index (Phi) is 2.66. The van der Waals surface area contributed by atoms with E-state index in [0.717, 1.165) is 47.1 Å². The zero-order valence-corrected chi connectivity index (χ0v) is 11.9. The molecular weight excluding hydrogens is 272 g/mol. The maximum Gasteiger partial charge on any atom is 0.147 e. The molecule has 102 valence electrons. The van der Waals surface area contributed by atoms with E-state index < -0.39 is 0 Å². The number of hydrogen-bond acceptors (Lipinski definition) is 6. The van der Waals surface area contributed by atoms with Gasteiger partial charge in [-0.15, -0.1) is 21.5 Å². The van der Waals surface area contributed by atoms with Gasteiger partial charge in [0.15, 0.2) is 0 Å². The standard InChI is InChI=1S/C13H14N6S/c1-8-17-18-11-3-2-9(6-19(8)11)16-13-12-10(4-5-20-12)14-7-15-13/h4-5,7,9H,2-3,6H2,1H3,(H,14,15,16)/t9-/m1/s1. The summed E-state index contributed by atoms with van der Waals surface area (Å²) in [5, 5.41) is 13.9. The first-order valence-corrected chi connectivity index (χ1v) is 7.52. The molecule has 0 saturated carbocycles. The second kappa shape index (κ2) is 4.52. The van der Waals surface area contributed by atoms with Gasteiger partial charge in [0.1, 0.15) is 23.8 Å². The molecule has 6 nitrogen and oxygen atoms in total. The summed E-state index contributed by atoms with van der Waals surface area (Å²) in [6, 6.07) is 2.38. The number of fused-ring (bicyclic) bond motifs is 2. The number of nitrogens with zero attached hydrogens (tertiary/aromatic N) is 5. The Bertz CT molecular complexity index is 761. The van der Waals surface area contributed by atoms with Crippen LogP contribution in [0.3, 0.4) is 0 Å². The fourth-order valence-electron chi connectivity index (χ4n) is 2.67. The third-order valence-electron chi connectivity index (χ3n) is 3.72. The summed E-state index contributed by atoms with van der Waals surface area (Å²) < 4.78 is 3.31. The molecule has 0 aromatic carbocycles. The van der Waals surface area contributed by atoms with Crippen LogP contribution in [0, 0.1) is 6.92 Å². The van der Waals surface area contributed by atoms with Gasteiger partial charge in [-0.25, -0.2) is 9.97 Å². The van der Waals surface area contributed by atoms with Crippen molar-refractivity contribution >= 4 is 27.4 Å². The van der Waals surface area contributed by atoms with E-state index in [1.54, 1.807) is 17.7 Å². The van der Waals surface area contributed by atoms with Crippen molar-refractivity contribution in [2.24, 2.45) is 0 Å². The summed E-state index contributed by atoms with van der Waals surface area (Å²) in [4.78, 5) is 8.66. The van der Waals surface area contributed by atoms with Crippen molar-refractivity contribution in [2.45, 2.75) is 32.4 Å². The molecule has 4 rings (SSSR count). The molecule has 20 heavy (non-hydrogen) atoms. The number of thiophene rings is 1. The van der Waals surface area contributed by atoms with E-state index in [9.17, 15) is 0 Å². The van der Waals surface area contributed by atoms with Crippen LogP contribution in [-0.4, -0.2) is 30.8 Å². The van der Waals surface area contributed by atoms with Crippen LogP contribution >= 0.6 is 11.3 Å². The zero-order chi connectivity index (χ0) is 13.5. The number of hydrogen-bond donors (Lipinski definition) is 1. The first kappa shape index (κ1) is 11.8. The highest BCUT2D eigenvalue weighted by Gasteiger charge is 2.22. The fourth-order valence-corrected chi connectivity index (χ4v) is 3.46. The van der Waals surface area contributed by atoms with Gasteiger partial charge in [-0.1, -0.05) is 0 Å². The summed E-state index contributed by atoms with van der Waals surface area (Å²) in [5.41, 5.74) is 1.00. The Morgan fingerprint density at radius 3 is 3.25 bits per heavy atom. The number of anilines is 1. The van der Waals surface area contributed by atoms with Crippen LogP contribution in [0.4, 0.5) is 5.82 Å². The van der Waals surface area contributed by atoms with Gasteiger partial charge in [-0.2, -0.15) is 0 Å². The smallest absolute Gasteiger partial charge is 0.147 e. The van der Waals surface area contributed by atoms with E-state index in [0.29, 0.717) is 6.04 Å². The molecule has 0 radical (unpaired) electrons. The molecule has 0 amide bonds. The van der Waals surface area contributed by atoms with Gasteiger partial charge in [-0.05, 0) is 24.8 Å². The van der Waals surface area contributed by atoms with Gasteiger partial charge in [0.05, 0.1) is 10.2 Å². The molecule has 0 aliphatic carbocycles. The largest absolute Gasteiger partial charge is 0.364 e. The Labute approximate surface area is 119 Å². The van der Waals surface area contributed by atoms with Crippen LogP contribution in [0.1, 0.15) is 18.1 Å². The van der Waals surface area contributed by atoms with Gasteiger partial charge >= 0.3 is 0 Å². The summed E-state index contributed by atoms with van der Waals surface area (Å²) in [6.07, 6.45) is 3.63. The lowest BCUT2D eigenvalue weighted by Gasteiger charge is -2.25. The van der Waals surface area contributed by atoms with Crippen molar-refractivity contribution in [2.75, 3.05) is 5.32 Å². The Morgan fingerprint density at radius 2 is 2.30 bits per heavy atom. The van der Waals surface area contributed by atoms with Crippen molar-refractivity contribution in [3.63, 3.8) is 0 Å². The number of rotatable bonds is 2. The normalized spacial score (nSPS) is 18.1. The molecule has 0 fully saturated rings. The third-order valence-corrected chi connectivity index (χ3v) is 4.63. The van der Waals surface area contributed by atoms with E-state index in [-0.39, 0.29) is 0 Å².